The molecule has 0 spiro atoms. The van der Waals surface area contributed by atoms with Gasteiger partial charge in [0.1, 0.15) is 0 Å². The Morgan fingerprint density at radius 2 is 2.38 bits per heavy atom. The summed E-state index contributed by atoms with van der Waals surface area (Å²) in [5, 5.41) is 2.80. The van der Waals surface area contributed by atoms with Gasteiger partial charge in [-0.15, -0.1) is 0 Å². The Kier molecular flexibility index (Phi) is 3.37. The summed E-state index contributed by atoms with van der Waals surface area (Å²) in [6.45, 7) is 4.58. The molecule has 2 heterocycles. The van der Waals surface area contributed by atoms with E-state index in [0.717, 1.165) is 6.42 Å². The lowest BCUT2D eigenvalue weighted by molar-refractivity contribution is -0.132. The lowest BCUT2D eigenvalue weighted by atomic mass is 10.2. The number of halogens is 1. The first-order chi connectivity index (χ1) is 7.63. The van der Waals surface area contributed by atoms with Gasteiger partial charge >= 0.3 is 6.03 Å². The van der Waals surface area contributed by atoms with E-state index in [4.69, 9.17) is 0 Å². The largest absolute Gasteiger partial charge is 0.338 e. The van der Waals surface area contributed by atoms with Crippen LogP contribution in [0.2, 0.25) is 0 Å². The molecule has 0 aromatic carbocycles. The van der Waals surface area contributed by atoms with Crippen LogP contribution >= 0.6 is 15.9 Å². The van der Waals surface area contributed by atoms with Crippen molar-refractivity contribution in [3.63, 3.8) is 0 Å². The van der Waals surface area contributed by atoms with E-state index in [2.05, 4.69) is 21.2 Å². The van der Waals surface area contributed by atoms with Crippen LogP contribution in [0, 0.1) is 0 Å². The first-order valence-electron chi connectivity index (χ1n) is 5.60. The Bertz CT molecular complexity index is 310. The van der Waals surface area contributed by atoms with E-state index in [1.807, 2.05) is 16.7 Å². The zero-order valence-electron chi connectivity index (χ0n) is 9.28. The molecular weight excluding hydrogens is 274 g/mol. The first-order valence-corrected chi connectivity index (χ1v) is 6.52. The van der Waals surface area contributed by atoms with E-state index in [1.165, 1.54) is 0 Å². The fraction of sp³-hybridized carbons (Fsp3) is 0.800. The third kappa shape index (κ3) is 2.03. The number of piperazine rings is 1. The second-order valence-corrected chi connectivity index (χ2v) is 5.30. The van der Waals surface area contributed by atoms with Crippen LogP contribution < -0.4 is 5.32 Å². The maximum atomic E-state index is 12.0. The van der Waals surface area contributed by atoms with Gasteiger partial charge in [-0.05, 0) is 6.42 Å². The van der Waals surface area contributed by atoms with Gasteiger partial charge in [0.05, 0.1) is 10.9 Å². The number of hydrogen-bond acceptors (Lipinski definition) is 2. The summed E-state index contributed by atoms with van der Waals surface area (Å²) in [6.07, 6.45) is 0.793. The SMILES string of the molecule is CCC(Br)C(=O)N1CCN2C(=O)NCC2C1. The molecule has 2 saturated heterocycles. The minimum atomic E-state index is -0.0934. The molecule has 16 heavy (non-hydrogen) atoms. The van der Waals surface area contributed by atoms with Crippen molar-refractivity contribution in [3.8, 4) is 0 Å². The predicted molar refractivity (Wildman–Crippen MR) is 63.5 cm³/mol. The van der Waals surface area contributed by atoms with Crippen molar-refractivity contribution in [2.24, 2.45) is 0 Å². The average Bonchev–Trinajstić information content (AvgIpc) is 2.68. The molecule has 2 aliphatic rings. The van der Waals surface area contributed by atoms with Crippen molar-refractivity contribution in [2.45, 2.75) is 24.2 Å². The highest BCUT2D eigenvalue weighted by molar-refractivity contribution is 9.10. The molecular formula is C10H16BrN3O2. The first kappa shape index (κ1) is 11.7. The van der Waals surface area contributed by atoms with Crippen LogP contribution in [0.4, 0.5) is 4.79 Å². The number of fused-ring (bicyclic) bond motifs is 1. The molecule has 0 aromatic rings. The molecule has 0 aliphatic carbocycles. The summed E-state index contributed by atoms with van der Waals surface area (Å²) in [6, 6.07) is 0.157. The molecule has 5 nitrogen and oxygen atoms in total. The van der Waals surface area contributed by atoms with Crippen LogP contribution in [-0.2, 0) is 4.79 Å². The molecule has 1 N–H and O–H groups in total. The van der Waals surface area contributed by atoms with E-state index in [0.29, 0.717) is 26.2 Å². The third-order valence-electron chi connectivity index (χ3n) is 3.17. The van der Waals surface area contributed by atoms with Gasteiger partial charge in [-0.2, -0.15) is 0 Å². The molecule has 90 valence electrons. The van der Waals surface area contributed by atoms with Crippen LogP contribution in [-0.4, -0.2) is 58.8 Å². The average molecular weight is 290 g/mol. The van der Waals surface area contributed by atoms with Crippen molar-refractivity contribution >= 4 is 27.9 Å². The standard InChI is InChI=1S/C10H16BrN3O2/c1-2-8(11)9(15)13-3-4-14-7(6-13)5-12-10(14)16/h7-8H,2-6H2,1H3,(H,12,16). The van der Waals surface area contributed by atoms with Gasteiger partial charge in [0.2, 0.25) is 5.91 Å². The molecule has 2 atom stereocenters. The van der Waals surface area contributed by atoms with E-state index >= 15 is 0 Å². The molecule has 0 bridgehead atoms. The van der Waals surface area contributed by atoms with Crippen molar-refractivity contribution in [1.82, 2.24) is 15.1 Å². The molecule has 2 fully saturated rings. The molecule has 0 aromatic heterocycles. The van der Waals surface area contributed by atoms with Crippen molar-refractivity contribution in [2.75, 3.05) is 26.2 Å². The van der Waals surface area contributed by atoms with Crippen LogP contribution in [0.1, 0.15) is 13.3 Å². The van der Waals surface area contributed by atoms with E-state index in [9.17, 15) is 9.59 Å². The summed E-state index contributed by atoms with van der Waals surface area (Å²) >= 11 is 3.37. The highest BCUT2D eigenvalue weighted by atomic mass is 79.9. The van der Waals surface area contributed by atoms with Crippen LogP contribution in [0.3, 0.4) is 0 Å². The molecule has 2 unspecified atom stereocenters. The molecule has 3 amide bonds. The van der Waals surface area contributed by atoms with Gasteiger partial charge < -0.3 is 15.1 Å². The maximum Gasteiger partial charge on any atom is 0.317 e. The topological polar surface area (TPSA) is 52.7 Å². The maximum absolute atomic E-state index is 12.0. The molecule has 0 radical (unpaired) electrons. The van der Waals surface area contributed by atoms with Crippen LogP contribution in [0.5, 0.6) is 0 Å². The smallest absolute Gasteiger partial charge is 0.317 e. The zero-order chi connectivity index (χ0) is 11.7. The Morgan fingerprint density at radius 3 is 3.06 bits per heavy atom. The summed E-state index contributed by atoms with van der Waals surface area (Å²) < 4.78 is 0. The number of amides is 3. The number of hydrogen-bond donors (Lipinski definition) is 1. The van der Waals surface area contributed by atoms with Gasteiger partial charge in [-0.3, -0.25) is 4.79 Å². The van der Waals surface area contributed by atoms with Crippen LogP contribution in [0.25, 0.3) is 0 Å². The van der Waals surface area contributed by atoms with Gasteiger partial charge in [0.15, 0.2) is 0 Å². The third-order valence-corrected chi connectivity index (χ3v) is 4.21. The van der Waals surface area contributed by atoms with E-state index in [-0.39, 0.29) is 22.8 Å². The lowest BCUT2D eigenvalue weighted by Gasteiger charge is -2.37. The molecule has 0 saturated carbocycles. The van der Waals surface area contributed by atoms with Crippen molar-refractivity contribution in [3.05, 3.63) is 0 Å². The van der Waals surface area contributed by atoms with Gasteiger partial charge in [-0.1, -0.05) is 22.9 Å². The number of carbonyl (C=O) groups is 2. The Morgan fingerprint density at radius 1 is 1.62 bits per heavy atom. The second kappa shape index (κ2) is 4.61. The second-order valence-electron chi connectivity index (χ2n) is 4.19. The number of carbonyl (C=O) groups excluding carboxylic acids is 2. The Balaban J connectivity index is 1.96. The molecule has 2 aliphatic heterocycles. The number of rotatable bonds is 2. The van der Waals surface area contributed by atoms with Crippen LogP contribution in [0.15, 0.2) is 0 Å². The molecule has 6 heteroatoms. The Hall–Kier alpha value is -0.780. The minimum absolute atomic E-state index is 0.00276. The van der Waals surface area contributed by atoms with Gasteiger partial charge in [0.25, 0.3) is 0 Å². The fourth-order valence-electron chi connectivity index (χ4n) is 2.18. The normalized spacial score (nSPS) is 26.4. The zero-order valence-corrected chi connectivity index (χ0v) is 10.9. The van der Waals surface area contributed by atoms with E-state index < -0.39 is 0 Å². The van der Waals surface area contributed by atoms with Crippen molar-refractivity contribution in [1.29, 1.82) is 0 Å². The minimum Gasteiger partial charge on any atom is -0.338 e. The summed E-state index contributed by atoms with van der Waals surface area (Å²) in [5.74, 6) is 0.140. The lowest BCUT2D eigenvalue weighted by Crippen LogP contribution is -2.55. The number of alkyl halides is 1. The van der Waals surface area contributed by atoms with Crippen molar-refractivity contribution < 1.29 is 9.59 Å². The number of nitrogens with one attached hydrogen (secondary N) is 1. The predicted octanol–water partition coefficient (Wildman–Crippen LogP) is 0.396. The van der Waals surface area contributed by atoms with E-state index in [1.54, 1.807) is 0 Å². The quantitative estimate of drug-likeness (QED) is 0.748. The summed E-state index contributed by atoms with van der Waals surface area (Å²) in [5.41, 5.74) is 0. The summed E-state index contributed by atoms with van der Waals surface area (Å²) in [7, 11) is 0. The monoisotopic (exact) mass is 289 g/mol. The summed E-state index contributed by atoms with van der Waals surface area (Å²) in [4.78, 5) is 26.9. The Labute approximate surface area is 103 Å². The highest BCUT2D eigenvalue weighted by Gasteiger charge is 2.37. The van der Waals surface area contributed by atoms with Gasteiger partial charge in [0, 0.05) is 26.2 Å². The number of nitrogens with zero attached hydrogens (tertiary/aromatic N) is 2. The molecule has 2 rings (SSSR count). The number of urea groups is 1. The highest BCUT2D eigenvalue weighted by Crippen LogP contribution is 2.17. The van der Waals surface area contributed by atoms with Gasteiger partial charge in [-0.25, -0.2) is 4.79 Å². The fourth-order valence-corrected chi connectivity index (χ4v) is 2.47.